The van der Waals surface area contributed by atoms with Crippen molar-refractivity contribution in [1.82, 2.24) is 9.72 Å². The Balaban J connectivity index is 2.25. The van der Waals surface area contributed by atoms with Crippen molar-refractivity contribution in [2.45, 2.75) is 0 Å². The summed E-state index contributed by atoms with van der Waals surface area (Å²) in [7, 11) is 1.87. The molecule has 1 N–H and O–H groups in total. The molecule has 0 aliphatic carbocycles. The van der Waals surface area contributed by atoms with Gasteiger partial charge in [0, 0.05) is 30.3 Å². The third-order valence-electron chi connectivity index (χ3n) is 2.95. The number of hydrogen-bond donors (Lipinski definition) is 1. The molecule has 0 amide bonds. The van der Waals surface area contributed by atoms with E-state index in [0.717, 1.165) is 16.5 Å². The van der Waals surface area contributed by atoms with Gasteiger partial charge in [-0.15, -0.1) is 0 Å². The van der Waals surface area contributed by atoms with Gasteiger partial charge in [-0.3, -0.25) is 0 Å². The summed E-state index contributed by atoms with van der Waals surface area (Å²) in [6.07, 6.45) is 1.85. The van der Waals surface area contributed by atoms with E-state index in [1.165, 1.54) is 6.07 Å². The lowest BCUT2D eigenvalue weighted by Crippen LogP contribution is -1.91. The number of rotatable bonds is 2. The minimum Gasteiger partial charge on any atom is -0.475 e. The van der Waals surface area contributed by atoms with Crippen molar-refractivity contribution in [3.05, 3.63) is 41.2 Å². The average molecular weight is 277 g/mol. The van der Waals surface area contributed by atoms with Crippen molar-refractivity contribution in [3.8, 4) is 11.3 Å². The number of carbonyl (C=O) groups is 1. The van der Waals surface area contributed by atoms with Gasteiger partial charge in [0.05, 0.1) is 10.5 Å². The van der Waals surface area contributed by atoms with Gasteiger partial charge in [0.1, 0.15) is 5.69 Å². The van der Waals surface area contributed by atoms with Crippen LogP contribution in [0.1, 0.15) is 10.6 Å². The first-order chi connectivity index (χ1) is 9.08. The fourth-order valence-electron chi connectivity index (χ4n) is 2.13. The van der Waals surface area contributed by atoms with Crippen molar-refractivity contribution in [2.75, 3.05) is 0 Å². The van der Waals surface area contributed by atoms with E-state index >= 15 is 0 Å². The number of carboxylic acid groups (broad SMARTS) is 1. The molecule has 1 aromatic carbocycles. The van der Waals surface area contributed by atoms with E-state index in [1.807, 2.05) is 29.9 Å². The number of carboxylic acids is 1. The number of halogens is 1. The topological polar surface area (TPSA) is 68.3 Å². The van der Waals surface area contributed by atoms with Crippen molar-refractivity contribution in [2.24, 2.45) is 7.05 Å². The first-order valence-electron chi connectivity index (χ1n) is 5.52. The minimum atomic E-state index is -1.14. The maximum absolute atomic E-state index is 10.8. The molecule has 2 aromatic heterocycles. The second-order valence-electron chi connectivity index (χ2n) is 4.17. The maximum Gasteiger partial charge on any atom is 0.374 e. The third-order valence-corrected chi connectivity index (χ3v) is 3.25. The molecule has 0 radical (unpaired) electrons. The summed E-state index contributed by atoms with van der Waals surface area (Å²) in [5.41, 5.74) is 2.14. The zero-order valence-corrected chi connectivity index (χ0v) is 10.7. The first-order valence-corrected chi connectivity index (χ1v) is 5.89. The van der Waals surface area contributed by atoms with Crippen LogP contribution in [0.15, 0.2) is 35.0 Å². The van der Waals surface area contributed by atoms with Crippen molar-refractivity contribution >= 4 is 28.5 Å². The number of nitrogens with zero attached hydrogens (tertiary/aromatic N) is 2. The number of para-hydroxylation sites is 1. The molecule has 0 fully saturated rings. The van der Waals surface area contributed by atoms with Crippen LogP contribution in [0.25, 0.3) is 22.2 Å². The van der Waals surface area contributed by atoms with E-state index in [1.54, 1.807) is 6.07 Å². The second-order valence-corrected chi connectivity index (χ2v) is 4.58. The highest BCUT2D eigenvalue weighted by Gasteiger charge is 2.17. The standard InChI is InChI=1S/C13H9ClN2O3/c1-16-6-8(7-3-2-4-9(14)12(7)16)10-5-11(13(17)18)19-15-10/h2-6H,1H3,(H,17,18). The SMILES string of the molecule is Cn1cc(-c2cc(C(=O)O)on2)c2cccc(Cl)c21. The Hall–Kier alpha value is -2.27. The zero-order chi connectivity index (χ0) is 13.6. The fraction of sp³-hybridized carbons (Fsp3) is 0.0769. The minimum absolute atomic E-state index is 0.186. The number of aromatic nitrogens is 2. The van der Waals surface area contributed by atoms with E-state index in [-0.39, 0.29) is 5.76 Å². The second kappa shape index (κ2) is 4.13. The summed E-state index contributed by atoms with van der Waals surface area (Å²) in [6, 6.07) is 6.95. The number of aromatic carboxylic acids is 1. The largest absolute Gasteiger partial charge is 0.475 e. The van der Waals surface area contributed by atoms with Crippen molar-refractivity contribution in [3.63, 3.8) is 0 Å². The predicted octanol–water partition coefficient (Wildman–Crippen LogP) is 3.18. The number of hydrogen-bond acceptors (Lipinski definition) is 3. The average Bonchev–Trinajstić information content (AvgIpc) is 2.95. The van der Waals surface area contributed by atoms with Crippen LogP contribution in [0.5, 0.6) is 0 Å². The normalized spacial score (nSPS) is 11.1. The molecule has 0 unspecified atom stereocenters. The smallest absolute Gasteiger partial charge is 0.374 e. The zero-order valence-electron chi connectivity index (χ0n) is 9.92. The van der Waals surface area contributed by atoms with Crippen LogP contribution >= 0.6 is 11.6 Å². The van der Waals surface area contributed by atoms with Crippen LogP contribution in [0.3, 0.4) is 0 Å². The Labute approximate surface area is 113 Å². The molecule has 0 saturated carbocycles. The Bertz CT molecular complexity index is 788. The highest BCUT2D eigenvalue weighted by molar-refractivity contribution is 6.35. The van der Waals surface area contributed by atoms with E-state index < -0.39 is 5.97 Å². The molecule has 0 aliphatic rings. The van der Waals surface area contributed by atoms with Gasteiger partial charge in [-0.1, -0.05) is 28.9 Å². The first kappa shape index (κ1) is 11.8. The van der Waals surface area contributed by atoms with Gasteiger partial charge >= 0.3 is 5.97 Å². The van der Waals surface area contributed by atoms with Crippen LogP contribution in [0, 0.1) is 0 Å². The van der Waals surface area contributed by atoms with Crippen molar-refractivity contribution in [1.29, 1.82) is 0 Å². The molecule has 2 heterocycles. The lowest BCUT2D eigenvalue weighted by molar-refractivity contribution is 0.0652. The van der Waals surface area contributed by atoms with Crippen LogP contribution < -0.4 is 0 Å². The van der Waals surface area contributed by atoms with E-state index in [2.05, 4.69) is 5.16 Å². The molecule has 96 valence electrons. The highest BCUT2D eigenvalue weighted by atomic mass is 35.5. The summed E-state index contributed by atoms with van der Waals surface area (Å²) in [6.45, 7) is 0. The summed E-state index contributed by atoms with van der Waals surface area (Å²) in [4.78, 5) is 10.8. The van der Waals surface area contributed by atoms with Gasteiger partial charge in [-0.2, -0.15) is 0 Å². The van der Waals surface area contributed by atoms with Gasteiger partial charge < -0.3 is 14.2 Å². The van der Waals surface area contributed by atoms with Crippen LogP contribution in [-0.4, -0.2) is 20.8 Å². The molecule has 19 heavy (non-hydrogen) atoms. The van der Waals surface area contributed by atoms with Gasteiger partial charge in [0.25, 0.3) is 0 Å². The summed E-state index contributed by atoms with van der Waals surface area (Å²) in [5, 5.41) is 14.2. The molecule has 6 heteroatoms. The van der Waals surface area contributed by atoms with Gasteiger partial charge in [0.2, 0.25) is 5.76 Å². The Kier molecular flexibility index (Phi) is 2.57. The quantitative estimate of drug-likeness (QED) is 0.780. The number of aryl methyl sites for hydroxylation is 1. The number of fused-ring (bicyclic) bond motifs is 1. The van der Waals surface area contributed by atoms with E-state index in [9.17, 15) is 4.79 Å². The summed E-state index contributed by atoms with van der Waals surface area (Å²) in [5.74, 6) is -1.33. The number of benzene rings is 1. The molecule has 0 aliphatic heterocycles. The Morgan fingerprint density at radius 3 is 2.95 bits per heavy atom. The van der Waals surface area contributed by atoms with Crippen LogP contribution in [-0.2, 0) is 7.05 Å². The molecule has 5 nitrogen and oxygen atoms in total. The third kappa shape index (κ3) is 1.79. The molecule has 3 aromatic rings. The fourth-order valence-corrected chi connectivity index (χ4v) is 2.43. The van der Waals surface area contributed by atoms with E-state index in [0.29, 0.717) is 10.7 Å². The molecule has 0 saturated heterocycles. The summed E-state index contributed by atoms with van der Waals surface area (Å²) >= 11 is 6.16. The van der Waals surface area contributed by atoms with E-state index in [4.69, 9.17) is 21.2 Å². The lowest BCUT2D eigenvalue weighted by Gasteiger charge is -1.97. The highest BCUT2D eigenvalue weighted by Crippen LogP contribution is 2.33. The van der Waals surface area contributed by atoms with Gasteiger partial charge in [-0.05, 0) is 6.07 Å². The van der Waals surface area contributed by atoms with Crippen LogP contribution in [0.4, 0.5) is 0 Å². The monoisotopic (exact) mass is 276 g/mol. The molecular formula is C13H9ClN2O3. The van der Waals surface area contributed by atoms with Crippen LogP contribution in [0.2, 0.25) is 5.02 Å². The molecule has 0 bridgehead atoms. The Morgan fingerprint density at radius 1 is 1.47 bits per heavy atom. The summed E-state index contributed by atoms with van der Waals surface area (Å²) < 4.78 is 6.65. The lowest BCUT2D eigenvalue weighted by atomic mass is 10.1. The predicted molar refractivity (Wildman–Crippen MR) is 70.4 cm³/mol. The Morgan fingerprint density at radius 2 is 2.26 bits per heavy atom. The molecule has 0 atom stereocenters. The van der Waals surface area contributed by atoms with Crippen molar-refractivity contribution < 1.29 is 14.4 Å². The molecule has 0 spiro atoms. The van der Waals surface area contributed by atoms with Gasteiger partial charge in [0.15, 0.2) is 0 Å². The molecule has 3 rings (SSSR count). The maximum atomic E-state index is 10.8. The molecular weight excluding hydrogens is 268 g/mol. The van der Waals surface area contributed by atoms with Gasteiger partial charge in [-0.25, -0.2) is 4.79 Å².